The predicted octanol–water partition coefficient (Wildman–Crippen LogP) is 4.48. The van der Waals surface area contributed by atoms with E-state index in [2.05, 4.69) is 76.2 Å². The number of carbonyl (C=O) groups excluding carboxylic acids is 1. The Morgan fingerprint density at radius 2 is 1.50 bits per heavy atom. The topological polar surface area (TPSA) is 54.0 Å². The van der Waals surface area contributed by atoms with E-state index in [1.807, 2.05) is 26.0 Å². The molecule has 184 valence electrons. The van der Waals surface area contributed by atoms with Crippen LogP contribution in [0.5, 0.6) is 0 Å². The maximum atomic E-state index is 11.8. The summed E-state index contributed by atoms with van der Waals surface area (Å²) in [7, 11) is -2.72. The molecular weight excluding hydrogens is 464 g/mol. The van der Waals surface area contributed by atoms with Gasteiger partial charge in [-0.2, -0.15) is 0 Å². The van der Waals surface area contributed by atoms with Crippen molar-refractivity contribution in [2.45, 2.75) is 81.7 Å². The summed E-state index contributed by atoms with van der Waals surface area (Å²) in [6.07, 6.45) is -0.591. The molecule has 0 amide bonds. The summed E-state index contributed by atoms with van der Waals surface area (Å²) in [6, 6.07) is 21.2. The molecule has 4 rings (SSSR count). The fourth-order valence-corrected chi connectivity index (χ4v) is 11.5. The molecule has 0 spiro atoms. The number of ether oxygens (including phenoxy) is 3. The lowest BCUT2D eigenvalue weighted by Gasteiger charge is -2.45. The molecule has 4 atom stereocenters. The Kier molecular flexibility index (Phi) is 6.81. The van der Waals surface area contributed by atoms with E-state index in [9.17, 15) is 4.79 Å². The molecule has 2 aromatic carbocycles. The number of rotatable bonds is 6. The minimum atomic E-state index is -2.72. The average Bonchev–Trinajstić information content (AvgIpc) is 3.21. The normalized spacial score (nSPS) is 28.5. The quantitative estimate of drug-likeness (QED) is 0.431. The minimum Gasteiger partial charge on any atom is -0.449 e. The van der Waals surface area contributed by atoms with Gasteiger partial charge >= 0.3 is 5.97 Å². The van der Waals surface area contributed by atoms with Gasteiger partial charge in [0.25, 0.3) is 8.32 Å². The van der Waals surface area contributed by atoms with Crippen LogP contribution in [0, 0.1) is 0 Å². The van der Waals surface area contributed by atoms with E-state index >= 15 is 0 Å². The molecule has 0 aliphatic carbocycles. The molecule has 4 unspecified atom stereocenters. The Balaban J connectivity index is 1.74. The summed E-state index contributed by atoms with van der Waals surface area (Å²) >= 11 is 1.58. The highest BCUT2D eigenvalue weighted by Crippen LogP contribution is 2.53. The molecule has 5 nitrogen and oxygen atoms in total. The lowest BCUT2D eigenvalue weighted by Crippen LogP contribution is -2.67. The summed E-state index contributed by atoms with van der Waals surface area (Å²) in [5.41, 5.74) is -0.433. The van der Waals surface area contributed by atoms with Gasteiger partial charge in [-0.1, -0.05) is 81.4 Å². The first-order valence-electron chi connectivity index (χ1n) is 11.8. The molecule has 0 bridgehead atoms. The fourth-order valence-electron chi connectivity index (χ4n) is 5.24. The van der Waals surface area contributed by atoms with E-state index in [1.165, 1.54) is 17.3 Å². The molecule has 2 fully saturated rings. The number of esters is 1. The van der Waals surface area contributed by atoms with Crippen molar-refractivity contribution in [2.24, 2.45) is 0 Å². The van der Waals surface area contributed by atoms with Crippen LogP contribution in [0.15, 0.2) is 60.7 Å². The molecule has 2 aromatic rings. The fraction of sp³-hybridized carbons (Fsp3) is 0.519. The van der Waals surface area contributed by atoms with Crippen LogP contribution in [0.2, 0.25) is 5.04 Å². The zero-order chi connectivity index (χ0) is 24.8. The third-order valence-corrected chi connectivity index (χ3v) is 13.1. The Morgan fingerprint density at radius 1 is 0.971 bits per heavy atom. The van der Waals surface area contributed by atoms with Gasteiger partial charge in [-0.15, -0.1) is 11.8 Å². The Morgan fingerprint density at radius 3 is 1.97 bits per heavy atom. The Bertz CT molecular complexity index is 967. The van der Waals surface area contributed by atoms with E-state index in [-0.39, 0.29) is 23.2 Å². The number of hydrogen-bond acceptors (Lipinski definition) is 6. The van der Waals surface area contributed by atoms with Gasteiger partial charge in [0.15, 0.2) is 11.2 Å². The summed E-state index contributed by atoms with van der Waals surface area (Å²) < 4.78 is 25.0. The molecule has 0 aromatic heterocycles. The monoisotopic (exact) mass is 500 g/mol. The first kappa shape index (κ1) is 25.4. The van der Waals surface area contributed by atoms with Crippen LogP contribution in [0.4, 0.5) is 0 Å². The number of fused-ring (bicyclic) bond motifs is 1. The van der Waals surface area contributed by atoms with Gasteiger partial charge in [0.1, 0.15) is 12.2 Å². The van der Waals surface area contributed by atoms with E-state index < -0.39 is 24.3 Å². The number of benzene rings is 2. The third kappa shape index (κ3) is 4.61. The number of thioether (sulfide) groups is 1. The van der Waals surface area contributed by atoms with Crippen molar-refractivity contribution >= 4 is 36.4 Å². The second-order valence-corrected chi connectivity index (χ2v) is 16.8. The van der Waals surface area contributed by atoms with E-state index in [4.69, 9.17) is 18.6 Å². The van der Waals surface area contributed by atoms with Crippen molar-refractivity contribution in [3.63, 3.8) is 0 Å². The highest BCUT2D eigenvalue weighted by Gasteiger charge is 2.63. The van der Waals surface area contributed by atoms with Crippen molar-refractivity contribution in [3.8, 4) is 0 Å². The number of carbonyl (C=O) groups is 1. The molecule has 0 N–H and O–H groups in total. The Labute approximate surface area is 208 Å². The first-order chi connectivity index (χ1) is 15.9. The molecule has 0 radical (unpaired) electrons. The lowest BCUT2D eigenvalue weighted by atomic mass is 10.0. The van der Waals surface area contributed by atoms with Crippen LogP contribution < -0.4 is 10.4 Å². The molecule has 34 heavy (non-hydrogen) atoms. The highest BCUT2D eigenvalue weighted by atomic mass is 32.2. The van der Waals surface area contributed by atoms with Crippen molar-refractivity contribution in [3.05, 3.63) is 60.7 Å². The van der Waals surface area contributed by atoms with Crippen LogP contribution in [0.1, 0.15) is 48.5 Å². The second-order valence-electron chi connectivity index (χ2n) is 10.9. The molecule has 2 aliphatic heterocycles. The first-order valence-corrected chi connectivity index (χ1v) is 14.6. The summed E-state index contributed by atoms with van der Waals surface area (Å²) in [5.74, 6) is -1.06. The zero-order valence-corrected chi connectivity index (χ0v) is 23.0. The maximum absolute atomic E-state index is 11.8. The molecule has 7 heteroatoms. The van der Waals surface area contributed by atoms with E-state index in [1.54, 1.807) is 11.8 Å². The molecule has 2 saturated heterocycles. The third-order valence-electron chi connectivity index (χ3n) is 6.66. The van der Waals surface area contributed by atoms with Crippen LogP contribution in [-0.2, 0) is 23.4 Å². The number of hydrogen-bond donors (Lipinski definition) is 0. The second kappa shape index (κ2) is 9.10. The van der Waals surface area contributed by atoms with Crippen LogP contribution in [0.3, 0.4) is 0 Å². The van der Waals surface area contributed by atoms with E-state index in [0.29, 0.717) is 6.61 Å². The lowest BCUT2D eigenvalue weighted by molar-refractivity contribution is -0.164. The summed E-state index contributed by atoms with van der Waals surface area (Å²) in [4.78, 5) is 11.8. The van der Waals surface area contributed by atoms with Gasteiger partial charge in [-0.3, -0.25) is 4.79 Å². The smallest absolute Gasteiger partial charge is 0.303 e. The van der Waals surface area contributed by atoms with Crippen LogP contribution in [0.25, 0.3) is 0 Å². The predicted molar refractivity (Wildman–Crippen MR) is 139 cm³/mol. The van der Waals surface area contributed by atoms with Gasteiger partial charge in [0, 0.05) is 6.92 Å². The van der Waals surface area contributed by atoms with Crippen LogP contribution in [-0.4, -0.2) is 49.1 Å². The summed E-state index contributed by atoms with van der Waals surface area (Å²) in [6.45, 7) is 14.6. The largest absolute Gasteiger partial charge is 0.449 e. The van der Waals surface area contributed by atoms with Gasteiger partial charge in [0.2, 0.25) is 0 Å². The Hall–Kier alpha value is -1.64. The van der Waals surface area contributed by atoms with Gasteiger partial charge in [-0.25, -0.2) is 0 Å². The van der Waals surface area contributed by atoms with Crippen molar-refractivity contribution in [1.29, 1.82) is 0 Å². The molecule has 0 saturated carbocycles. The molecular formula is C27H36O5SSi. The maximum Gasteiger partial charge on any atom is 0.303 e. The van der Waals surface area contributed by atoms with E-state index in [0.717, 1.165) is 0 Å². The molecule has 2 aliphatic rings. The standard InChI is InChI=1S/C27H36O5SSi/c1-19(28)30-24-22-23(32-26(5,6)31-22)27(7,33-24)18-29-34(25(2,3)4,20-14-10-8-11-15-20)21-16-12-9-13-17-21/h8-17,22-24H,18H2,1-7H3. The average molecular weight is 501 g/mol. The SMILES string of the molecule is CC(=O)OC1SC(C)(CO[Si](c2ccccc2)(c2ccccc2)C(C)(C)C)C2OC(C)(C)OC12. The van der Waals surface area contributed by atoms with Crippen molar-refractivity contribution in [1.82, 2.24) is 0 Å². The highest BCUT2D eigenvalue weighted by molar-refractivity contribution is 8.01. The molecule has 2 heterocycles. The van der Waals surface area contributed by atoms with Gasteiger partial charge in [0.05, 0.1) is 11.4 Å². The van der Waals surface area contributed by atoms with Crippen molar-refractivity contribution < 1.29 is 23.4 Å². The summed E-state index contributed by atoms with van der Waals surface area (Å²) in [5, 5.41) is 2.34. The van der Waals surface area contributed by atoms with Gasteiger partial charge < -0.3 is 18.6 Å². The van der Waals surface area contributed by atoms with Crippen LogP contribution >= 0.6 is 11.8 Å². The van der Waals surface area contributed by atoms with Gasteiger partial charge in [-0.05, 0) is 36.2 Å². The zero-order valence-electron chi connectivity index (χ0n) is 21.2. The minimum absolute atomic E-state index is 0.129. The van der Waals surface area contributed by atoms with Crippen molar-refractivity contribution in [2.75, 3.05) is 6.61 Å².